The molecule has 2 rings (SSSR count). The highest BCUT2D eigenvalue weighted by atomic mass is 32.1. The molecule has 2 heterocycles. The van der Waals surface area contributed by atoms with Crippen LogP contribution in [0.4, 0.5) is 0 Å². The van der Waals surface area contributed by atoms with Gasteiger partial charge in [-0.3, -0.25) is 0 Å². The van der Waals surface area contributed by atoms with Gasteiger partial charge in [-0.1, -0.05) is 0 Å². The monoisotopic (exact) mass is 225 g/mol. The molecule has 0 amide bonds. The minimum absolute atomic E-state index is 0.284. The van der Waals surface area contributed by atoms with Crippen molar-refractivity contribution in [1.82, 2.24) is 0 Å². The number of hydrogen-bond donors (Lipinski definition) is 1. The van der Waals surface area contributed by atoms with Crippen LogP contribution in [0.2, 0.25) is 0 Å². The van der Waals surface area contributed by atoms with Crippen molar-refractivity contribution >= 4 is 11.3 Å². The van der Waals surface area contributed by atoms with Crippen LogP contribution in [0.5, 0.6) is 0 Å². The lowest BCUT2D eigenvalue weighted by molar-refractivity contribution is -0.0640. The van der Waals surface area contributed by atoms with E-state index in [1.165, 1.54) is 10.4 Å². The molecular weight excluding hydrogens is 206 g/mol. The largest absolute Gasteiger partial charge is 0.379 e. The summed E-state index contributed by atoms with van der Waals surface area (Å²) in [6.45, 7) is 6.02. The number of nitrogens with two attached hydrogens (primary N) is 1. The number of hydrogen-bond acceptors (Lipinski definition) is 3. The van der Waals surface area contributed by atoms with Crippen molar-refractivity contribution in [1.29, 1.82) is 0 Å². The molecule has 1 fully saturated rings. The highest BCUT2D eigenvalue weighted by Crippen LogP contribution is 2.41. The van der Waals surface area contributed by atoms with Gasteiger partial charge in [0.25, 0.3) is 0 Å². The van der Waals surface area contributed by atoms with Gasteiger partial charge in [0.1, 0.15) is 0 Å². The molecule has 1 atom stereocenters. The van der Waals surface area contributed by atoms with Crippen molar-refractivity contribution in [2.45, 2.75) is 38.1 Å². The van der Waals surface area contributed by atoms with Gasteiger partial charge in [-0.25, -0.2) is 0 Å². The van der Waals surface area contributed by atoms with Gasteiger partial charge in [-0.15, -0.1) is 11.3 Å². The third-order valence-corrected chi connectivity index (χ3v) is 4.44. The molecule has 0 aromatic carbocycles. The number of aryl methyl sites for hydroxylation is 1. The summed E-state index contributed by atoms with van der Waals surface area (Å²) < 4.78 is 5.42. The SMILES string of the molecule is Cc1ccsc1C1(CCC(C)N)COC1. The first-order chi connectivity index (χ1) is 7.14. The van der Waals surface area contributed by atoms with E-state index in [2.05, 4.69) is 25.3 Å². The molecule has 15 heavy (non-hydrogen) atoms. The summed E-state index contributed by atoms with van der Waals surface area (Å²) in [4.78, 5) is 1.51. The van der Waals surface area contributed by atoms with E-state index in [0.717, 1.165) is 26.1 Å². The normalized spacial score (nSPS) is 21.0. The first-order valence-corrected chi connectivity index (χ1v) is 6.40. The fourth-order valence-electron chi connectivity index (χ4n) is 2.16. The van der Waals surface area contributed by atoms with Crippen LogP contribution in [0.25, 0.3) is 0 Å². The zero-order chi connectivity index (χ0) is 10.9. The molecule has 2 nitrogen and oxygen atoms in total. The summed E-state index contributed by atoms with van der Waals surface area (Å²) in [6.07, 6.45) is 2.24. The zero-order valence-corrected chi connectivity index (χ0v) is 10.3. The Balaban J connectivity index is 2.12. The Morgan fingerprint density at radius 1 is 1.60 bits per heavy atom. The van der Waals surface area contributed by atoms with E-state index < -0.39 is 0 Å². The standard InChI is InChI=1S/C12H19NOS/c1-9-4-6-15-11(9)12(7-14-8-12)5-3-10(2)13/h4,6,10H,3,5,7-8,13H2,1-2H3. The maximum absolute atomic E-state index is 5.83. The summed E-state index contributed by atoms with van der Waals surface area (Å²) in [5.41, 5.74) is 7.53. The Bertz CT molecular complexity index is 328. The molecule has 1 saturated heterocycles. The van der Waals surface area contributed by atoms with Crippen LogP contribution in [0, 0.1) is 6.92 Å². The first-order valence-electron chi connectivity index (χ1n) is 5.52. The average Bonchev–Trinajstić information content (AvgIpc) is 2.50. The van der Waals surface area contributed by atoms with E-state index in [1.54, 1.807) is 0 Å². The summed E-state index contributed by atoms with van der Waals surface area (Å²) >= 11 is 1.86. The second-order valence-electron chi connectivity index (χ2n) is 4.72. The number of rotatable bonds is 4. The molecule has 1 aromatic heterocycles. The maximum atomic E-state index is 5.83. The van der Waals surface area contributed by atoms with Gasteiger partial charge >= 0.3 is 0 Å². The van der Waals surface area contributed by atoms with Crippen molar-refractivity contribution in [3.05, 3.63) is 21.9 Å². The quantitative estimate of drug-likeness (QED) is 0.854. The second kappa shape index (κ2) is 4.24. The van der Waals surface area contributed by atoms with E-state index in [4.69, 9.17) is 10.5 Å². The molecule has 0 aliphatic carbocycles. The van der Waals surface area contributed by atoms with Crippen LogP contribution in [0.15, 0.2) is 11.4 Å². The van der Waals surface area contributed by atoms with Crippen molar-refractivity contribution in [2.75, 3.05) is 13.2 Å². The van der Waals surface area contributed by atoms with Gasteiger partial charge in [-0.05, 0) is 43.7 Å². The van der Waals surface area contributed by atoms with Gasteiger partial charge in [0, 0.05) is 10.9 Å². The van der Waals surface area contributed by atoms with E-state index >= 15 is 0 Å². The Labute approximate surface area is 95.4 Å². The summed E-state index contributed by atoms with van der Waals surface area (Å²) in [7, 11) is 0. The van der Waals surface area contributed by atoms with Crippen molar-refractivity contribution < 1.29 is 4.74 Å². The molecule has 1 aliphatic heterocycles. The van der Waals surface area contributed by atoms with Crippen molar-refractivity contribution in [3.8, 4) is 0 Å². The van der Waals surface area contributed by atoms with Crippen molar-refractivity contribution in [2.24, 2.45) is 5.73 Å². The van der Waals surface area contributed by atoms with Gasteiger partial charge in [0.15, 0.2) is 0 Å². The molecule has 3 heteroatoms. The topological polar surface area (TPSA) is 35.2 Å². The zero-order valence-electron chi connectivity index (χ0n) is 9.45. The maximum Gasteiger partial charge on any atom is 0.0593 e. The van der Waals surface area contributed by atoms with Crippen LogP contribution in [-0.4, -0.2) is 19.3 Å². The lowest BCUT2D eigenvalue weighted by Gasteiger charge is -2.42. The molecule has 0 spiro atoms. The molecule has 0 bridgehead atoms. The Morgan fingerprint density at radius 2 is 2.33 bits per heavy atom. The van der Waals surface area contributed by atoms with E-state index in [9.17, 15) is 0 Å². The van der Waals surface area contributed by atoms with E-state index in [1.807, 2.05) is 11.3 Å². The molecule has 0 saturated carbocycles. The minimum atomic E-state index is 0.284. The van der Waals surface area contributed by atoms with Gasteiger partial charge in [0.05, 0.1) is 18.6 Å². The van der Waals surface area contributed by atoms with Crippen molar-refractivity contribution in [3.63, 3.8) is 0 Å². The fourth-order valence-corrected chi connectivity index (χ4v) is 3.29. The van der Waals surface area contributed by atoms with Crippen LogP contribution < -0.4 is 5.73 Å². The number of ether oxygens (including phenoxy) is 1. The van der Waals surface area contributed by atoms with Crippen LogP contribution in [0.1, 0.15) is 30.2 Å². The summed E-state index contributed by atoms with van der Waals surface area (Å²) in [6, 6.07) is 2.49. The highest BCUT2D eigenvalue weighted by molar-refractivity contribution is 7.10. The minimum Gasteiger partial charge on any atom is -0.379 e. The predicted octanol–water partition coefficient (Wildman–Crippen LogP) is 2.45. The van der Waals surface area contributed by atoms with Gasteiger partial charge in [0.2, 0.25) is 0 Å². The smallest absolute Gasteiger partial charge is 0.0593 e. The Kier molecular flexibility index (Phi) is 3.14. The lowest BCUT2D eigenvalue weighted by Crippen LogP contribution is -2.47. The molecule has 0 radical (unpaired) electrons. The van der Waals surface area contributed by atoms with E-state index in [0.29, 0.717) is 6.04 Å². The third-order valence-electron chi connectivity index (χ3n) is 3.18. The Morgan fingerprint density at radius 3 is 2.73 bits per heavy atom. The molecular formula is C12H19NOS. The molecule has 2 N–H and O–H groups in total. The highest BCUT2D eigenvalue weighted by Gasteiger charge is 2.41. The van der Waals surface area contributed by atoms with Gasteiger partial charge < -0.3 is 10.5 Å². The second-order valence-corrected chi connectivity index (χ2v) is 5.64. The summed E-state index contributed by atoms with van der Waals surface area (Å²) in [5.74, 6) is 0. The number of thiophene rings is 1. The third kappa shape index (κ3) is 2.10. The van der Waals surface area contributed by atoms with Crippen LogP contribution in [-0.2, 0) is 10.2 Å². The lowest BCUT2D eigenvalue weighted by atomic mass is 9.78. The van der Waals surface area contributed by atoms with Crippen LogP contribution >= 0.6 is 11.3 Å². The fraction of sp³-hybridized carbons (Fsp3) is 0.667. The average molecular weight is 225 g/mol. The molecule has 84 valence electrons. The first kappa shape index (κ1) is 11.1. The molecule has 1 aliphatic rings. The van der Waals surface area contributed by atoms with Gasteiger partial charge in [-0.2, -0.15) is 0 Å². The summed E-state index contributed by atoms with van der Waals surface area (Å²) in [5, 5.41) is 2.18. The Hall–Kier alpha value is -0.380. The van der Waals surface area contributed by atoms with E-state index in [-0.39, 0.29) is 5.41 Å². The predicted molar refractivity (Wildman–Crippen MR) is 64.4 cm³/mol. The van der Waals surface area contributed by atoms with Crippen LogP contribution in [0.3, 0.4) is 0 Å². The molecule has 1 unspecified atom stereocenters. The molecule has 1 aromatic rings.